The first kappa shape index (κ1) is 62.1. The molecule has 22 rings (SSSR count). The first-order chi connectivity index (χ1) is 52.4. The number of para-hydroxylation sites is 12. The zero-order chi connectivity index (χ0) is 70.5. The molecule has 0 saturated carbocycles. The maximum Gasteiger partial charge on any atom is 0.488 e. The summed E-state index contributed by atoms with van der Waals surface area (Å²) in [5, 5.41) is 33.2. The van der Waals surface area contributed by atoms with Crippen molar-refractivity contribution < 1.29 is 10.0 Å². The minimum Gasteiger partial charge on any atom is -0.423 e. The number of hydrogen-bond donors (Lipinski definition) is 2. The summed E-state index contributed by atoms with van der Waals surface area (Å²) in [4.78, 5) is 20.4. The number of halogens is 1. The molecule has 12 nitrogen and oxygen atoms in total. The molecule has 0 bridgehead atoms. The van der Waals surface area contributed by atoms with Gasteiger partial charge in [-0.2, -0.15) is 9.97 Å². The van der Waals surface area contributed by atoms with Gasteiger partial charge in [0.05, 0.1) is 71.9 Å². The molecule has 0 aliphatic rings. The number of fused-ring (bicyclic) bond motifs is 18. The van der Waals surface area contributed by atoms with E-state index in [0.29, 0.717) is 22.5 Å². The lowest BCUT2D eigenvalue weighted by atomic mass is 9.80. The highest BCUT2D eigenvalue weighted by Crippen LogP contribution is 2.40. The molecular weight excluding hydrogens is 1320 g/mol. The largest absolute Gasteiger partial charge is 0.488 e. The fourth-order valence-corrected chi connectivity index (χ4v) is 16.2. The van der Waals surface area contributed by atoms with Gasteiger partial charge in [-0.25, -0.2) is 9.97 Å². The molecule has 0 atom stereocenters. The summed E-state index contributed by atoms with van der Waals surface area (Å²) in [6.45, 7) is 0. The van der Waals surface area contributed by atoms with Gasteiger partial charge in [0.2, 0.25) is 11.9 Å². The van der Waals surface area contributed by atoms with Crippen LogP contribution in [0, 0.1) is 0 Å². The number of rotatable bonds is 8. The standard InChI is InChI=1S/C46H29N5.C28H17ClN4.C18H14BNO2/c1-7-19-39-32(13-1)33-14-2-8-20-40(33)49(39)31-27-25-30(26-28-31)38-29-45(50-41-21-9-3-15-34(41)35-16-4-10-22-42(35)50)48-46(47-38)51-43-23-11-5-17-36(43)37-18-6-12-24-44(37)51;29-26-17-27(32-22-13-5-1-9-18(22)19-10-2-6-14-23(19)32)31-28(30-26)33-24-15-7-3-11-20(24)21-12-4-8-16-25(21)33;21-19(22)13-9-11-14(12-10-13)20-17-7-3-1-5-15(17)16-6-2-4-8-18(16)20/h1-29H;1-17H;1-12,21-22H. The molecule has 8 heterocycles. The second-order valence-corrected chi connectivity index (χ2v) is 26.9. The van der Waals surface area contributed by atoms with Crippen molar-refractivity contribution in [1.29, 1.82) is 0 Å². The van der Waals surface area contributed by atoms with Crippen molar-refractivity contribution in [3.63, 3.8) is 0 Å². The van der Waals surface area contributed by atoms with E-state index < -0.39 is 7.12 Å². The van der Waals surface area contributed by atoms with Crippen LogP contribution in [-0.4, -0.2) is 64.5 Å². The van der Waals surface area contributed by atoms with Crippen molar-refractivity contribution in [1.82, 2.24) is 47.3 Å². The molecule has 2 N–H and O–H groups in total. The minimum absolute atomic E-state index is 0.402. The summed E-state index contributed by atoms with van der Waals surface area (Å²) in [5.74, 6) is 2.75. The van der Waals surface area contributed by atoms with E-state index in [1.165, 1.54) is 64.9 Å². The maximum absolute atomic E-state index is 9.24. The molecule has 22 aromatic rings. The Kier molecular flexibility index (Phi) is 14.9. The van der Waals surface area contributed by atoms with Crippen LogP contribution in [0.4, 0.5) is 0 Å². The molecule has 14 heteroatoms. The Morgan fingerprint density at radius 3 is 0.726 bits per heavy atom. The fraction of sp³-hybridized carbons (Fsp3) is 0. The summed E-state index contributed by atoms with van der Waals surface area (Å²) in [5.41, 5.74) is 17.8. The Morgan fingerprint density at radius 1 is 0.226 bits per heavy atom. The van der Waals surface area contributed by atoms with E-state index >= 15 is 0 Å². The number of hydrogen-bond acceptors (Lipinski definition) is 6. The average Bonchev–Trinajstić information content (AvgIpc) is 1.61. The lowest BCUT2D eigenvalue weighted by Crippen LogP contribution is -2.29. The first-order valence-electron chi connectivity index (χ1n) is 35.3. The van der Waals surface area contributed by atoms with Crippen LogP contribution in [0.1, 0.15) is 0 Å². The average molecular weight is 1380 g/mol. The smallest absolute Gasteiger partial charge is 0.423 e. The third-order valence-electron chi connectivity index (χ3n) is 20.6. The van der Waals surface area contributed by atoms with Crippen LogP contribution in [-0.2, 0) is 0 Å². The monoisotopic (exact) mass is 1380 g/mol. The van der Waals surface area contributed by atoms with Gasteiger partial charge in [-0.15, -0.1) is 0 Å². The van der Waals surface area contributed by atoms with E-state index in [4.69, 9.17) is 26.6 Å². The molecule has 106 heavy (non-hydrogen) atoms. The SMILES string of the molecule is Clc1cc(-n2c3ccccc3c3ccccc32)nc(-n2c3ccccc3c3ccccc32)n1.OB(O)c1ccc(-n2c3ccccc3c3ccccc32)cc1.c1ccc2c(c1)c1ccccc1n2-c1ccc(-c2cc(-n3c4ccccc4c4ccccc43)nc(-n3c4ccccc4c4ccccc43)n2)cc1. The molecule has 0 amide bonds. The summed E-state index contributed by atoms with van der Waals surface area (Å²) >= 11 is 6.61. The Morgan fingerprint density at radius 2 is 0.453 bits per heavy atom. The predicted molar refractivity (Wildman–Crippen MR) is 437 cm³/mol. The van der Waals surface area contributed by atoms with Crippen LogP contribution in [0.5, 0.6) is 0 Å². The van der Waals surface area contributed by atoms with Gasteiger partial charge in [-0.05, 0) is 103 Å². The molecular formula is C92H60BClN10O2. The van der Waals surface area contributed by atoms with E-state index in [9.17, 15) is 10.0 Å². The van der Waals surface area contributed by atoms with E-state index in [1.807, 2.05) is 66.7 Å². The Balaban J connectivity index is 0.000000116. The predicted octanol–water partition coefficient (Wildman–Crippen LogP) is 21.2. The highest BCUT2D eigenvalue weighted by atomic mass is 35.5. The quantitative estimate of drug-likeness (QED) is 0.115. The van der Waals surface area contributed by atoms with Gasteiger partial charge in [0, 0.05) is 93.7 Å². The van der Waals surface area contributed by atoms with Gasteiger partial charge < -0.3 is 19.2 Å². The van der Waals surface area contributed by atoms with Gasteiger partial charge in [-0.1, -0.05) is 254 Å². The molecule has 500 valence electrons. The molecule has 0 fully saturated rings. The zero-order valence-corrected chi connectivity index (χ0v) is 57.6. The Labute approximate surface area is 611 Å². The third kappa shape index (κ3) is 10.2. The van der Waals surface area contributed by atoms with Crippen LogP contribution < -0.4 is 5.46 Å². The zero-order valence-electron chi connectivity index (χ0n) is 56.8. The molecule has 0 aliphatic carbocycles. The number of nitrogens with zero attached hydrogens (tertiary/aromatic N) is 10. The van der Waals surface area contributed by atoms with Crippen molar-refractivity contribution in [3.8, 4) is 46.2 Å². The highest BCUT2D eigenvalue weighted by molar-refractivity contribution is 6.58. The van der Waals surface area contributed by atoms with Crippen molar-refractivity contribution >= 4 is 155 Å². The number of aromatic nitrogens is 10. The first-order valence-corrected chi connectivity index (χ1v) is 35.7. The second kappa shape index (κ2) is 25.4. The highest BCUT2D eigenvalue weighted by Gasteiger charge is 2.23. The lowest BCUT2D eigenvalue weighted by Gasteiger charge is -2.14. The van der Waals surface area contributed by atoms with Crippen LogP contribution >= 0.6 is 11.6 Å². The van der Waals surface area contributed by atoms with Crippen molar-refractivity contribution in [3.05, 3.63) is 357 Å². The van der Waals surface area contributed by atoms with E-state index in [-0.39, 0.29) is 0 Å². The summed E-state index contributed by atoms with van der Waals surface area (Å²) in [6, 6.07) is 121. The normalized spacial score (nSPS) is 11.7. The van der Waals surface area contributed by atoms with Crippen LogP contribution in [0.3, 0.4) is 0 Å². The van der Waals surface area contributed by atoms with Gasteiger partial charge in [0.1, 0.15) is 16.8 Å². The van der Waals surface area contributed by atoms with Crippen LogP contribution in [0.25, 0.3) is 177 Å². The molecule has 0 unspecified atom stereocenters. The molecule has 0 aliphatic heterocycles. The number of benzene rings is 14. The molecule has 0 spiro atoms. The van der Waals surface area contributed by atoms with Gasteiger partial charge in [0.15, 0.2) is 0 Å². The van der Waals surface area contributed by atoms with E-state index in [0.717, 1.165) is 100 Å². The lowest BCUT2D eigenvalue weighted by molar-refractivity contribution is 0.426. The minimum atomic E-state index is -1.44. The third-order valence-corrected chi connectivity index (χ3v) is 20.8. The van der Waals surface area contributed by atoms with Gasteiger partial charge >= 0.3 is 7.12 Å². The second-order valence-electron chi connectivity index (χ2n) is 26.5. The fourth-order valence-electron chi connectivity index (χ4n) is 16.0. The van der Waals surface area contributed by atoms with Crippen LogP contribution in [0.2, 0.25) is 5.15 Å². The molecule has 0 saturated heterocycles. The van der Waals surface area contributed by atoms with Gasteiger partial charge in [0.25, 0.3) is 0 Å². The Hall–Kier alpha value is -13.7. The Bertz CT molecular complexity index is 6640. The summed E-state index contributed by atoms with van der Waals surface area (Å²) in [6.07, 6.45) is 0. The topological polar surface area (TPSA) is 122 Å². The van der Waals surface area contributed by atoms with Crippen molar-refractivity contribution in [2.45, 2.75) is 0 Å². The van der Waals surface area contributed by atoms with E-state index in [1.54, 1.807) is 12.1 Å². The van der Waals surface area contributed by atoms with Crippen LogP contribution in [0.15, 0.2) is 352 Å². The molecule has 8 aromatic heterocycles. The van der Waals surface area contributed by atoms with Crippen molar-refractivity contribution in [2.75, 3.05) is 0 Å². The summed E-state index contributed by atoms with van der Waals surface area (Å²) in [7, 11) is -1.44. The van der Waals surface area contributed by atoms with Gasteiger partial charge in [-0.3, -0.25) is 18.3 Å². The maximum atomic E-state index is 9.24. The van der Waals surface area contributed by atoms with E-state index in [2.05, 4.69) is 305 Å². The molecule has 14 aromatic carbocycles. The summed E-state index contributed by atoms with van der Waals surface area (Å²) < 4.78 is 13.3. The van der Waals surface area contributed by atoms with Crippen molar-refractivity contribution in [2.24, 2.45) is 0 Å². The molecule has 0 radical (unpaired) electrons.